The Morgan fingerprint density at radius 2 is 1.89 bits per heavy atom. The van der Waals surface area contributed by atoms with E-state index in [9.17, 15) is 22.6 Å². The van der Waals surface area contributed by atoms with E-state index in [1.165, 1.54) is 24.5 Å². The third-order valence-electron chi connectivity index (χ3n) is 7.56. The highest BCUT2D eigenvalue weighted by atomic mass is 32.2. The molecule has 2 amide bonds. The first-order valence-corrected chi connectivity index (χ1v) is 17.3. The first-order valence-electron chi connectivity index (χ1n) is 15.2. The van der Waals surface area contributed by atoms with Gasteiger partial charge in [0.05, 0.1) is 40.9 Å². The number of nitrogens with one attached hydrogen (secondary N) is 3. The highest BCUT2D eigenvalue weighted by molar-refractivity contribution is 7.92. The first-order chi connectivity index (χ1) is 22.0. The van der Waals surface area contributed by atoms with Gasteiger partial charge in [-0.1, -0.05) is 13.8 Å². The Bertz CT molecular complexity index is 1720. The van der Waals surface area contributed by atoms with E-state index in [-0.39, 0.29) is 53.2 Å². The van der Waals surface area contributed by atoms with Gasteiger partial charge in [0.25, 0.3) is 5.91 Å². The maximum atomic E-state index is 14.9. The van der Waals surface area contributed by atoms with Gasteiger partial charge in [0, 0.05) is 29.6 Å². The van der Waals surface area contributed by atoms with Gasteiger partial charge in [-0.05, 0) is 68.0 Å². The van der Waals surface area contributed by atoms with E-state index >= 15 is 0 Å². The topological polar surface area (TPSA) is 144 Å². The van der Waals surface area contributed by atoms with Gasteiger partial charge >= 0.3 is 0 Å². The van der Waals surface area contributed by atoms with Crippen molar-refractivity contribution in [1.29, 1.82) is 0 Å². The first kappa shape index (κ1) is 33.2. The summed E-state index contributed by atoms with van der Waals surface area (Å²) in [4.78, 5) is 34.3. The van der Waals surface area contributed by atoms with Crippen LogP contribution in [0.25, 0.3) is 11.3 Å². The Kier molecular flexibility index (Phi) is 10.5. The fourth-order valence-corrected chi connectivity index (χ4v) is 6.64. The zero-order valence-electron chi connectivity index (χ0n) is 26.0. The van der Waals surface area contributed by atoms with Crippen LogP contribution >= 0.6 is 0 Å². The van der Waals surface area contributed by atoms with Crippen molar-refractivity contribution < 1.29 is 32.1 Å². The molecule has 5 rings (SSSR count). The molecule has 46 heavy (non-hydrogen) atoms. The van der Waals surface area contributed by atoms with Gasteiger partial charge in [0.2, 0.25) is 11.9 Å². The van der Waals surface area contributed by atoms with Crippen molar-refractivity contribution in [2.24, 2.45) is 10.3 Å². The van der Waals surface area contributed by atoms with Gasteiger partial charge in [-0.25, -0.2) is 23.0 Å². The molecule has 0 spiro atoms. The largest absolute Gasteiger partial charge is 0.494 e. The SMILES string of the molecule is CC(C)[C@H](NC(=O)[C@@H]1CCCN1)C(=O)N=[S@@](C)(=O)Cc1cc2cc(c1)OCCCCOc1cc(F)ccc1-c1nc(ncc1F)N2. The van der Waals surface area contributed by atoms with E-state index in [4.69, 9.17) is 9.47 Å². The fourth-order valence-electron chi connectivity index (χ4n) is 5.30. The summed E-state index contributed by atoms with van der Waals surface area (Å²) in [6.07, 6.45) is 5.15. The van der Waals surface area contributed by atoms with E-state index in [2.05, 4.69) is 30.3 Å². The lowest BCUT2D eigenvalue weighted by atomic mass is 10.0. The van der Waals surface area contributed by atoms with Crippen molar-refractivity contribution in [3.05, 3.63) is 59.8 Å². The summed E-state index contributed by atoms with van der Waals surface area (Å²) in [5.41, 5.74) is 1.23. The fraction of sp³-hybridized carbons (Fsp3) is 0.438. The normalized spacial score (nSPS) is 18.3. The lowest BCUT2D eigenvalue weighted by Gasteiger charge is -2.21. The molecular weight excluding hydrogens is 618 g/mol. The average Bonchev–Trinajstić information content (AvgIpc) is 3.53. The van der Waals surface area contributed by atoms with Gasteiger partial charge in [0.15, 0.2) is 5.82 Å². The number of anilines is 2. The summed E-state index contributed by atoms with van der Waals surface area (Å²) in [6.45, 7) is 4.90. The van der Waals surface area contributed by atoms with Crippen LogP contribution < -0.4 is 25.4 Å². The highest BCUT2D eigenvalue weighted by Crippen LogP contribution is 2.33. The minimum Gasteiger partial charge on any atom is -0.494 e. The van der Waals surface area contributed by atoms with Gasteiger partial charge in [-0.3, -0.25) is 9.59 Å². The van der Waals surface area contributed by atoms with E-state index in [0.29, 0.717) is 42.9 Å². The molecule has 2 aliphatic rings. The molecule has 1 fully saturated rings. The van der Waals surface area contributed by atoms with Gasteiger partial charge < -0.3 is 25.4 Å². The maximum Gasteiger partial charge on any atom is 0.276 e. The van der Waals surface area contributed by atoms with Crippen LogP contribution in [-0.2, 0) is 25.1 Å². The van der Waals surface area contributed by atoms with Crippen LogP contribution in [0.15, 0.2) is 47.0 Å². The van der Waals surface area contributed by atoms with Crippen LogP contribution in [0.2, 0.25) is 0 Å². The third-order valence-corrected chi connectivity index (χ3v) is 8.99. The van der Waals surface area contributed by atoms with Gasteiger partial charge in [-0.15, -0.1) is 0 Å². The van der Waals surface area contributed by atoms with Gasteiger partial charge in [0.1, 0.15) is 29.1 Å². The number of aromatic nitrogens is 2. The number of nitrogens with zero attached hydrogens (tertiary/aromatic N) is 3. The Labute approximate surface area is 267 Å². The molecule has 4 bridgehead atoms. The number of hydrogen-bond donors (Lipinski definition) is 3. The zero-order chi connectivity index (χ0) is 32.8. The van der Waals surface area contributed by atoms with Crippen LogP contribution in [0.5, 0.6) is 11.5 Å². The molecule has 0 unspecified atom stereocenters. The summed E-state index contributed by atoms with van der Waals surface area (Å²) >= 11 is 0. The van der Waals surface area contributed by atoms with Gasteiger partial charge in [-0.2, -0.15) is 4.36 Å². The molecule has 0 aliphatic carbocycles. The standard InChI is InChI=1S/C32H38F2N6O5S/c1-19(2)28(38-30(41)26-7-6-10-35-26)31(42)40-46(3,43)18-20-13-22-16-23(14-20)44-11-4-5-12-45-27-15-21(33)8-9-24(27)29-25(34)17-36-32(37-22)39-29/h8-9,13-17,19,26,28,35H,4-7,10-12,18H2,1-3H3,(H,38,41)(H,36,37,39)/t26-,28-,46-/m0/s1. The monoisotopic (exact) mass is 656 g/mol. The van der Waals surface area contributed by atoms with Crippen molar-refractivity contribution >= 4 is 33.2 Å². The Hall–Kier alpha value is -4.17. The number of fused-ring (bicyclic) bond motifs is 6. The molecule has 1 saturated heterocycles. The number of carbonyl (C=O) groups excluding carboxylic acids is 2. The number of benzene rings is 2. The molecule has 1 aromatic heterocycles. The van der Waals surface area contributed by atoms with Crippen molar-refractivity contribution in [3.8, 4) is 22.8 Å². The molecule has 0 radical (unpaired) electrons. The summed E-state index contributed by atoms with van der Waals surface area (Å²) in [6, 6.07) is 7.64. The molecule has 3 N–H and O–H groups in total. The van der Waals surface area contributed by atoms with Crippen molar-refractivity contribution in [1.82, 2.24) is 20.6 Å². The molecule has 14 heteroatoms. The highest BCUT2D eigenvalue weighted by Gasteiger charge is 2.30. The molecule has 0 saturated carbocycles. The minimum atomic E-state index is -3.10. The van der Waals surface area contributed by atoms with Crippen molar-refractivity contribution in [2.75, 3.05) is 31.3 Å². The third kappa shape index (κ3) is 8.55. The maximum absolute atomic E-state index is 14.9. The number of ether oxygens (including phenoxy) is 2. The quantitative estimate of drug-likeness (QED) is 0.343. The predicted molar refractivity (Wildman–Crippen MR) is 170 cm³/mol. The van der Waals surface area contributed by atoms with E-state index in [0.717, 1.165) is 19.2 Å². The molecule has 11 nitrogen and oxygen atoms in total. The number of carbonyl (C=O) groups is 2. The molecule has 3 heterocycles. The van der Waals surface area contributed by atoms with Crippen LogP contribution in [0, 0.1) is 17.6 Å². The molecule has 3 atom stereocenters. The summed E-state index contributed by atoms with van der Waals surface area (Å²) in [7, 11) is -3.10. The molecule has 2 aliphatic heterocycles. The molecular formula is C32H38F2N6O5S. The van der Waals surface area contributed by atoms with E-state index < -0.39 is 33.3 Å². The van der Waals surface area contributed by atoms with Crippen LogP contribution in [0.4, 0.5) is 20.4 Å². The number of halogens is 2. The van der Waals surface area contributed by atoms with Crippen LogP contribution in [0.3, 0.4) is 0 Å². The second-order valence-corrected chi connectivity index (χ2v) is 14.2. The Morgan fingerprint density at radius 1 is 1.11 bits per heavy atom. The lowest BCUT2D eigenvalue weighted by Crippen LogP contribution is -2.50. The average molecular weight is 657 g/mol. The number of hydrogen-bond acceptors (Lipinski definition) is 9. The van der Waals surface area contributed by atoms with Crippen LogP contribution in [0.1, 0.15) is 45.1 Å². The summed E-state index contributed by atoms with van der Waals surface area (Å²) < 4.78 is 58.5. The summed E-state index contributed by atoms with van der Waals surface area (Å²) in [5, 5.41) is 8.94. The molecule has 246 valence electrons. The van der Waals surface area contributed by atoms with E-state index in [1.54, 1.807) is 32.0 Å². The number of rotatable bonds is 6. The molecule has 3 aromatic rings. The zero-order valence-corrected chi connectivity index (χ0v) is 26.8. The van der Waals surface area contributed by atoms with Crippen molar-refractivity contribution in [3.63, 3.8) is 0 Å². The Balaban J connectivity index is 1.42. The summed E-state index contributed by atoms with van der Waals surface area (Å²) in [5.74, 6) is -1.85. The van der Waals surface area contributed by atoms with Crippen molar-refractivity contribution in [2.45, 2.75) is 57.4 Å². The molecule has 2 aromatic carbocycles. The van der Waals surface area contributed by atoms with Crippen LogP contribution in [-0.4, -0.2) is 64.1 Å². The second kappa shape index (κ2) is 14.5. The smallest absolute Gasteiger partial charge is 0.276 e. The predicted octanol–water partition coefficient (Wildman–Crippen LogP) is 4.73. The Morgan fingerprint density at radius 3 is 2.63 bits per heavy atom. The number of amides is 2. The van der Waals surface area contributed by atoms with E-state index in [1.807, 2.05) is 0 Å². The second-order valence-electron chi connectivity index (χ2n) is 11.8. The lowest BCUT2D eigenvalue weighted by molar-refractivity contribution is -0.129. The minimum absolute atomic E-state index is 0.0500.